The second-order valence-electron chi connectivity index (χ2n) is 4.94. The third-order valence-electron chi connectivity index (χ3n) is 3.17. The molecule has 108 valence electrons. The summed E-state index contributed by atoms with van der Waals surface area (Å²) in [6, 6.07) is 4.02. The van der Waals surface area contributed by atoms with Crippen LogP contribution in [0.15, 0.2) is 22.9 Å². The number of nitrogens with one attached hydrogen (secondary N) is 2. The summed E-state index contributed by atoms with van der Waals surface area (Å²) in [6.45, 7) is 9.05. The Morgan fingerprint density at radius 2 is 1.95 bits per heavy atom. The molecule has 2 N–H and O–H groups in total. The molecule has 5 nitrogen and oxygen atoms in total. The van der Waals surface area contributed by atoms with Crippen molar-refractivity contribution in [3.05, 3.63) is 35.5 Å². The minimum Gasteiger partial charge on any atom is -0.464 e. The maximum atomic E-state index is 5.63. The molecule has 0 radical (unpaired) electrons. The van der Waals surface area contributed by atoms with Gasteiger partial charge >= 0.3 is 0 Å². The minimum atomic E-state index is 0.0660. The lowest BCUT2D eigenvalue weighted by Gasteiger charge is -2.16. The largest absolute Gasteiger partial charge is 0.464 e. The van der Waals surface area contributed by atoms with E-state index in [1.54, 1.807) is 6.33 Å². The molecule has 0 aromatic carbocycles. The Kier molecular flexibility index (Phi) is 4.61. The summed E-state index contributed by atoms with van der Waals surface area (Å²) in [5.41, 5.74) is 1.02. The van der Waals surface area contributed by atoms with Crippen molar-refractivity contribution >= 4 is 11.6 Å². The highest BCUT2D eigenvalue weighted by Gasteiger charge is 2.13. The number of nitrogens with zero attached hydrogens (tertiary/aromatic N) is 2. The Labute approximate surface area is 119 Å². The van der Waals surface area contributed by atoms with Gasteiger partial charge in [0.25, 0.3) is 0 Å². The Morgan fingerprint density at radius 3 is 2.60 bits per heavy atom. The monoisotopic (exact) mass is 274 g/mol. The third-order valence-corrected chi connectivity index (χ3v) is 3.17. The van der Waals surface area contributed by atoms with Gasteiger partial charge in [-0.25, -0.2) is 9.97 Å². The number of hydrogen-bond acceptors (Lipinski definition) is 5. The van der Waals surface area contributed by atoms with Crippen molar-refractivity contribution in [1.82, 2.24) is 9.97 Å². The maximum Gasteiger partial charge on any atom is 0.135 e. The van der Waals surface area contributed by atoms with E-state index in [4.69, 9.17) is 4.42 Å². The van der Waals surface area contributed by atoms with E-state index in [1.165, 1.54) is 0 Å². The summed E-state index contributed by atoms with van der Waals surface area (Å²) in [5.74, 6) is 3.54. The number of aromatic nitrogens is 2. The molecule has 1 atom stereocenters. The van der Waals surface area contributed by atoms with E-state index in [9.17, 15) is 0 Å². The van der Waals surface area contributed by atoms with Gasteiger partial charge in [-0.05, 0) is 39.3 Å². The first-order chi connectivity index (χ1) is 9.61. The summed E-state index contributed by atoms with van der Waals surface area (Å²) < 4.78 is 5.63. The fraction of sp³-hybridized carbons (Fsp3) is 0.467. The lowest BCUT2D eigenvalue weighted by atomic mass is 10.2. The van der Waals surface area contributed by atoms with Crippen molar-refractivity contribution in [2.75, 3.05) is 17.2 Å². The molecule has 0 amide bonds. The van der Waals surface area contributed by atoms with Crippen LogP contribution < -0.4 is 10.6 Å². The highest BCUT2D eigenvalue weighted by Crippen LogP contribution is 2.24. The normalized spacial score (nSPS) is 12.2. The third kappa shape index (κ3) is 3.29. The molecular formula is C15H22N4O. The van der Waals surface area contributed by atoms with Crippen LogP contribution >= 0.6 is 0 Å². The molecule has 2 aromatic heterocycles. The average molecular weight is 274 g/mol. The Bertz CT molecular complexity index is 565. The Morgan fingerprint density at radius 1 is 1.20 bits per heavy atom. The highest BCUT2D eigenvalue weighted by molar-refractivity contribution is 5.56. The first kappa shape index (κ1) is 14.4. The molecule has 0 fully saturated rings. The van der Waals surface area contributed by atoms with Crippen LogP contribution in [0.2, 0.25) is 0 Å². The molecule has 0 aliphatic carbocycles. The summed E-state index contributed by atoms with van der Waals surface area (Å²) in [7, 11) is 0. The fourth-order valence-corrected chi connectivity index (χ4v) is 1.98. The number of furan rings is 1. The van der Waals surface area contributed by atoms with Crippen molar-refractivity contribution in [2.45, 2.75) is 40.2 Å². The van der Waals surface area contributed by atoms with E-state index in [0.717, 1.165) is 41.7 Å². The minimum absolute atomic E-state index is 0.0660. The summed E-state index contributed by atoms with van der Waals surface area (Å²) in [6.07, 6.45) is 2.64. The van der Waals surface area contributed by atoms with Gasteiger partial charge in [0.2, 0.25) is 0 Å². The van der Waals surface area contributed by atoms with Gasteiger partial charge in [-0.15, -0.1) is 0 Å². The smallest absolute Gasteiger partial charge is 0.135 e. The van der Waals surface area contributed by atoms with Crippen LogP contribution in [0.25, 0.3) is 0 Å². The predicted octanol–water partition coefficient (Wildman–Crippen LogP) is 3.68. The van der Waals surface area contributed by atoms with Gasteiger partial charge in [-0.3, -0.25) is 0 Å². The van der Waals surface area contributed by atoms with Crippen LogP contribution in [-0.2, 0) is 0 Å². The number of aryl methyl sites for hydroxylation is 1. The average Bonchev–Trinajstić information content (AvgIpc) is 2.86. The molecular weight excluding hydrogens is 252 g/mol. The second-order valence-corrected chi connectivity index (χ2v) is 4.94. The van der Waals surface area contributed by atoms with Gasteiger partial charge in [0.05, 0.1) is 6.04 Å². The molecule has 0 spiro atoms. The molecule has 0 bridgehead atoms. The topological polar surface area (TPSA) is 63.0 Å². The molecule has 20 heavy (non-hydrogen) atoms. The highest BCUT2D eigenvalue weighted by atomic mass is 16.3. The van der Waals surface area contributed by atoms with Crippen molar-refractivity contribution in [3.8, 4) is 0 Å². The van der Waals surface area contributed by atoms with Gasteiger partial charge in [-0.1, -0.05) is 6.92 Å². The van der Waals surface area contributed by atoms with Crippen LogP contribution in [0.3, 0.4) is 0 Å². The SMILES string of the molecule is CCCNc1ncnc(NC(C)c2ccc(C)o2)c1C. The van der Waals surface area contributed by atoms with Gasteiger partial charge in [0, 0.05) is 12.1 Å². The fourth-order valence-electron chi connectivity index (χ4n) is 1.98. The molecule has 2 heterocycles. The van der Waals surface area contributed by atoms with Gasteiger partial charge < -0.3 is 15.1 Å². The number of anilines is 2. The molecule has 0 saturated heterocycles. The zero-order chi connectivity index (χ0) is 14.5. The Balaban J connectivity index is 2.12. The van der Waals surface area contributed by atoms with Crippen LogP contribution in [0.5, 0.6) is 0 Å². The number of hydrogen-bond donors (Lipinski definition) is 2. The lowest BCUT2D eigenvalue weighted by Crippen LogP contribution is -2.11. The predicted molar refractivity (Wildman–Crippen MR) is 81.0 cm³/mol. The Hall–Kier alpha value is -2.04. The van der Waals surface area contributed by atoms with Gasteiger partial charge in [0.15, 0.2) is 0 Å². The first-order valence-corrected chi connectivity index (χ1v) is 7.00. The van der Waals surface area contributed by atoms with Crippen LogP contribution in [0.1, 0.15) is 43.4 Å². The van der Waals surface area contributed by atoms with Gasteiger partial charge in [-0.2, -0.15) is 0 Å². The van der Waals surface area contributed by atoms with E-state index >= 15 is 0 Å². The van der Waals surface area contributed by atoms with E-state index < -0.39 is 0 Å². The van der Waals surface area contributed by atoms with Crippen molar-refractivity contribution in [2.24, 2.45) is 0 Å². The summed E-state index contributed by atoms with van der Waals surface area (Å²) >= 11 is 0. The molecule has 1 unspecified atom stereocenters. The molecule has 5 heteroatoms. The molecule has 0 aliphatic rings. The number of rotatable bonds is 6. The summed E-state index contributed by atoms with van der Waals surface area (Å²) in [5, 5.41) is 6.68. The van der Waals surface area contributed by atoms with E-state index in [-0.39, 0.29) is 6.04 Å². The zero-order valence-electron chi connectivity index (χ0n) is 12.5. The summed E-state index contributed by atoms with van der Waals surface area (Å²) in [4.78, 5) is 8.59. The van der Waals surface area contributed by atoms with Crippen LogP contribution in [-0.4, -0.2) is 16.5 Å². The standard InChI is InChI=1S/C15H22N4O/c1-5-8-16-14-11(3)15(18-9-17-14)19-12(4)13-7-6-10(2)20-13/h6-7,9,12H,5,8H2,1-4H3,(H2,16,17,18,19). The second kappa shape index (κ2) is 6.41. The zero-order valence-corrected chi connectivity index (χ0v) is 12.5. The van der Waals surface area contributed by atoms with Crippen LogP contribution in [0, 0.1) is 13.8 Å². The quantitative estimate of drug-likeness (QED) is 0.841. The van der Waals surface area contributed by atoms with Crippen LogP contribution in [0.4, 0.5) is 11.6 Å². The maximum absolute atomic E-state index is 5.63. The van der Waals surface area contributed by atoms with Crippen molar-refractivity contribution < 1.29 is 4.42 Å². The van der Waals surface area contributed by atoms with E-state index in [2.05, 4.69) is 34.4 Å². The lowest BCUT2D eigenvalue weighted by molar-refractivity contribution is 0.466. The first-order valence-electron chi connectivity index (χ1n) is 7.00. The van der Waals surface area contributed by atoms with E-state index in [1.807, 2.05) is 26.0 Å². The van der Waals surface area contributed by atoms with Gasteiger partial charge in [0.1, 0.15) is 29.5 Å². The van der Waals surface area contributed by atoms with Crippen molar-refractivity contribution in [3.63, 3.8) is 0 Å². The molecule has 2 rings (SSSR count). The van der Waals surface area contributed by atoms with Crippen molar-refractivity contribution in [1.29, 1.82) is 0 Å². The molecule has 0 saturated carbocycles. The molecule has 2 aromatic rings. The van der Waals surface area contributed by atoms with E-state index in [0.29, 0.717) is 0 Å². The molecule has 0 aliphatic heterocycles.